The maximum absolute atomic E-state index is 11.5. The molecule has 0 fully saturated rings. The van der Waals surface area contributed by atoms with E-state index in [1.807, 2.05) is 13.8 Å². The van der Waals surface area contributed by atoms with Gasteiger partial charge in [-0.2, -0.15) is 0 Å². The molecule has 1 amide bonds. The Hall–Kier alpha value is -1.65. The standard InChI is InChI=1S/C15H26N4O4.Li/c1-4-9(5-2)6-11-13(18-8(3)20)10(19-15(16)17)7-12(23-11)14(21)22;/h7,9-11,13H,4-6H2,1-3H3,(H,18,20)(H,21,22)(H4,16,17,19);/q;+1/p-1/t10-,11-,13+;/m0./s1. The largest absolute Gasteiger partial charge is 1.00 e. The van der Waals surface area contributed by atoms with Crippen molar-refractivity contribution >= 4 is 17.8 Å². The third kappa shape index (κ3) is 6.46. The molecule has 3 atom stereocenters. The van der Waals surface area contributed by atoms with Gasteiger partial charge in [0.1, 0.15) is 17.8 Å². The van der Waals surface area contributed by atoms with Crippen LogP contribution < -0.4 is 40.8 Å². The van der Waals surface area contributed by atoms with Crippen molar-refractivity contribution in [1.82, 2.24) is 5.32 Å². The first-order valence-electron chi connectivity index (χ1n) is 7.74. The van der Waals surface area contributed by atoms with Crippen LogP contribution in [0.5, 0.6) is 0 Å². The molecule has 9 heteroatoms. The summed E-state index contributed by atoms with van der Waals surface area (Å²) in [6.07, 6.45) is 3.13. The molecule has 0 saturated heterocycles. The van der Waals surface area contributed by atoms with Crippen LogP contribution >= 0.6 is 0 Å². The molecule has 1 heterocycles. The molecule has 0 spiro atoms. The Kier molecular flexibility index (Phi) is 9.56. The monoisotopic (exact) mass is 332 g/mol. The van der Waals surface area contributed by atoms with Gasteiger partial charge in [-0.1, -0.05) is 26.7 Å². The minimum absolute atomic E-state index is 0. The summed E-state index contributed by atoms with van der Waals surface area (Å²) in [6.45, 7) is 5.47. The van der Waals surface area contributed by atoms with Gasteiger partial charge in [-0.05, 0) is 18.4 Å². The van der Waals surface area contributed by atoms with Gasteiger partial charge in [0.15, 0.2) is 5.96 Å². The number of carbonyl (C=O) groups excluding carboxylic acids is 2. The van der Waals surface area contributed by atoms with E-state index >= 15 is 0 Å². The van der Waals surface area contributed by atoms with Crippen LogP contribution in [0, 0.1) is 5.92 Å². The molecule has 1 aliphatic heterocycles. The first-order chi connectivity index (χ1) is 10.8. The van der Waals surface area contributed by atoms with Gasteiger partial charge in [0, 0.05) is 6.92 Å². The summed E-state index contributed by atoms with van der Waals surface area (Å²) < 4.78 is 5.54. The molecular weight excluding hydrogens is 307 g/mol. The smallest absolute Gasteiger partial charge is 0.542 e. The molecule has 0 radical (unpaired) electrons. The summed E-state index contributed by atoms with van der Waals surface area (Å²) in [7, 11) is 0. The summed E-state index contributed by atoms with van der Waals surface area (Å²) in [5.74, 6) is -1.87. The molecule has 0 aromatic heterocycles. The molecule has 0 aromatic carbocycles. The van der Waals surface area contributed by atoms with Gasteiger partial charge in [0.05, 0.1) is 12.1 Å². The van der Waals surface area contributed by atoms with E-state index in [1.54, 1.807) is 0 Å². The third-order valence-corrected chi connectivity index (χ3v) is 3.96. The van der Waals surface area contributed by atoms with Crippen LogP contribution in [0.4, 0.5) is 0 Å². The Bertz CT molecular complexity index is 502. The molecule has 1 rings (SSSR count). The summed E-state index contributed by atoms with van der Waals surface area (Å²) in [5, 5.41) is 13.9. The van der Waals surface area contributed by atoms with E-state index < -0.39 is 24.2 Å². The number of guanidine groups is 1. The van der Waals surface area contributed by atoms with Crippen LogP contribution in [-0.4, -0.2) is 36.0 Å². The fourth-order valence-electron chi connectivity index (χ4n) is 2.72. The number of nitrogens with one attached hydrogen (secondary N) is 1. The first-order valence-corrected chi connectivity index (χ1v) is 7.74. The van der Waals surface area contributed by atoms with E-state index in [0.717, 1.165) is 12.8 Å². The van der Waals surface area contributed by atoms with Crippen LogP contribution in [0.2, 0.25) is 0 Å². The van der Waals surface area contributed by atoms with Crippen molar-refractivity contribution in [2.24, 2.45) is 22.4 Å². The number of aliphatic carboxylic acids is 1. The summed E-state index contributed by atoms with van der Waals surface area (Å²) in [6, 6.07) is -1.26. The Morgan fingerprint density at radius 1 is 1.38 bits per heavy atom. The van der Waals surface area contributed by atoms with Gasteiger partial charge < -0.3 is 31.4 Å². The zero-order valence-corrected chi connectivity index (χ0v) is 14.7. The number of rotatable bonds is 7. The summed E-state index contributed by atoms with van der Waals surface area (Å²) >= 11 is 0. The van der Waals surface area contributed by atoms with E-state index in [1.165, 1.54) is 13.0 Å². The Morgan fingerprint density at radius 3 is 2.38 bits per heavy atom. The van der Waals surface area contributed by atoms with E-state index in [-0.39, 0.29) is 36.5 Å². The molecule has 130 valence electrons. The van der Waals surface area contributed by atoms with E-state index in [4.69, 9.17) is 16.2 Å². The number of carbonyl (C=O) groups is 2. The zero-order chi connectivity index (χ0) is 17.6. The number of nitrogens with two attached hydrogens (primary N) is 2. The zero-order valence-electron chi connectivity index (χ0n) is 14.7. The minimum atomic E-state index is -1.43. The minimum Gasteiger partial charge on any atom is -0.542 e. The molecule has 0 aliphatic carbocycles. The van der Waals surface area contributed by atoms with Crippen LogP contribution in [0.25, 0.3) is 0 Å². The quantitative estimate of drug-likeness (QED) is 0.246. The predicted octanol–water partition coefficient (Wildman–Crippen LogP) is -4.00. The fourth-order valence-corrected chi connectivity index (χ4v) is 2.72. The molecule has 0 unspecified atom stereocenters. The van der Waals surface area contributed by atoms with Crippen molar-refractivity contribution in [3.05, 3.63) is 11.8 Å². The Labute approximate surface area is 154 Å². The average Bonchev–Trinajstić information content (AvgIpc) is 2.46. The van der Waals surface area contributed by atoms with E-state index in [0.29, 0.717) is 12.3 Å². The topological polar surface area (TPSA) is 143 Å². The normalized spacial score (nSPS) is 22.7. The van der Waals surface area contributed by atoms with Crippen LogP contribution in [-0.2, 0) is 14.3 Å². The number of carboxylic acids is 1. The second-order valence-electron chi connectivity index (χ2n) is 5.66. The number of hydrogen-bond donors (Lipinski definition) is 3. The molecule has 0 bridgehead atoms. The van der Waals surface area contributed by atoms with Gasteiger partial charge in [-0.3, -0.25) is 4.79 Å². The molecule has 0 saturated carbocycles. The first kappa shape index (κ1) is 22.3. The molecule has 1 aliphatic rings. The number of amides is 1. The number of ether oxygens (including phenoxy) is 1. The number of aliphatic imine (C=N–C) groups is 1. The van der Waals surface area contributed by atoms with Crippen molar-refractivity contribution in [3.63, 3.8) is 0 Å². The Morgan fingerprint density at radius 2 is 1.96 bits per heavy atom. The van der Waals surface area contributed by atoms with Gasteiger partial charge in [0.25, 0.3) is 0 Å². The number of hydrogen-bond acceptors (Lipinski definition) is 5. The van der Waals surface area contributed by atoms with Crippen molar-refractivity contribution in [3.8, 4) is 0 Å². The third-order valence-electron chi connectivity index (χ3n) is 3.96. The second kappa shape index (κ2) is 10.3. The predicted molar refractivity (Wildman–Crippen MR) is 83.9 cm³/mol. The fraction of sp³-hybridized carbons (Fsp3) is 0.667. The van der Waals surface area contributed by atoms with Crippen molar-refractivity contribution in [2.75, 3.05) is 0 Å². The second-order valence-corrected chi connectivity index (χ2v) is 5.66. The van der Waals surface area contributed by atoms with Crippen LogP contribution in [0.15, 0.2) is 16.8 Å². The van der Waals surface area contributed by atoms with Crippen LogP contribution in [0.3, 0.4) is 0 Å². The molecule has 24 heavy (non-hydrogen) atoms. The molecule has 0 aromatic rings. The maximum atomic E-state index is 11.5. The van der Waals surface area contributed by atoms with Crippen molar-refractivity contribution < 1.29 is 38.3 Å². The molecule has 8 nitrogen and oxygen atoms in total. The van der Waals surface area contributed by atoms with Crippen molar-refractivity contribution in [2.45, 2.75) is 58.2 Å². The van der Waals surface area contributed by atoms with Crippen molar-refractivity contribution in [1.29, 1.82) is 0 Å². The Balaban J connectivity index is 0.00000529. The number of nitrogens with zero attached hydrogens (tertiary/aromatic N) is 1. The SMILES string of the molecule is CCC(CC)C[C@@H]1OC(C(=O)[O-])=C[C@H](N=C(N)N)[C@H]1NC(C)=O.[Li+]. The van der Waals surface area contributed by atoms with Gasteiger partial charge in [-0.25, -0.2) is 4.99 Å². The van der Waals surface area contributed by atoms with Gasteiger partial charge in [0.2, 0.25) is 5.91 Å². The average molecular weight is 332 g/mol. The maximum Gasteiger partial charge on any atom is 1.00 e. The van der Waals surface area contributed by atoms with Gasteiger partial charge >= 0.3 is 18.9 Å². The molecule has 5 N–H and O–H groups in total. The van der Waals surface area contributed by atoms with Crippen LogP contribution in [0.1, 0.15) is 40.0 Å². The van der Waals surface area contributed by atoms with Gasteiger partial charge in [-0.15, -0.1) is 0 Å². The van der Waals surface area contributed by atoms with E-state index in [2.05, 4.69) is 10.3 Å². The summed E-state index contributed by atoms with van der Waals surface area (Å²) in [4.78, 5) is 26.7. The van der Waals surface area contributed by atoms with E-state index in [9.17, 15) is 14.7 Å². The number of carboxylic acid groups (broad SMARTS) is 1. The summed E-state index contributed by atoms with van der Waals surface area (Å²) in [5.41, 5.74) is 10.8. The molecular formula is C15H25LiN4O4.